The number of nitrogens with one attached hydrogen (secondary N) is 1. The first-order chi connectivity index (χ1) is 9.15. The monoisotopic (exact) mass is 259 g/mol. The van der Waals surface area contributed by atoms with E-state index >= 15 is 0 Å². The number of ether oxygens (including phenoxy) is 1. The van der Waals surface area contributed by atoms with E-state index in [9.17, 15) is 9.59 Å². The normalized spacial score (nSPS) is 10.2. The molecule has 19 heavy (non-hydrogen) atoms. The van der Waals surface area contributed by atoms with E-state index in [0.29, 0.717) is 16.7 Å². The van der Waals surface area contributed by atoms with E-state index < -0.39 is 11.5 Å². The number of hydrogen-bond acceptors (Lipinski definition) is 4. The van der Waals surface area contributed by atoms with E-state index in [1.807, 2.05) is 0 Å². The van der Waals surface area contributed by atoms with Crippen molar-refractivity contribution in [3.8, 4) is 5.75 Å². The summed E-state index contributed by atoms with van der Waals surface area (Å²) in [5.41, 5.74) is -0.298. The summed E-state index contributed by atoms with van der Waals surface area (Å²) in [6, 6.07) is 6.49. The van der Waals surface area contributed by atoms with Crippen molar-refractivity contribution in [3.05, 3.63) is 52.9 Å². The minimum Gasteiger partial charge on any atom is -0.497 e. The molecule has 1 heterocycles. The van der Waals surface area contributed by atoms with Crippen LogP contribution < -0.4 is 15.7 Å². The van der Waals surface area contributed by atoms with Gasteiger partial charge in [-0.25, -0.2) is 4.79 Å². The number of benzene rings is 1. The lowest BCUT2D eigenvalue weighted by Gasteiger charge is -2.04. The van der Waals surface area contributed by atoms with E-state index in [1.165, 1.54) is 19.3 Å². The predicted molar refractivity (Wildman–Crippen MR) is 71.6 cm³/mol. The summed E-state index contributed by atoms with van der Waals surface area (Å²) in [5.74, 6) is 0.136. The highest BCUT2D eigenvalue weighted by Gasteiger charge is 2.13. The Morgan fingerprint density at radius 3 is 2.95 bits per heavy atom. The van der Waals surface area contributed by atoms with Crippen molar-refractivity contribution in [1.29, 1.82) is 0 Å². The molecule has 0 radical (unpaired) electrons. The third-order valence-electron chi connectivity index (χ3n) is 2.59. The van der Waals surface area contributed by atoms with E-state index in [0.717, 1.165) is 0 Å². The van der Waals surface area contributed by atoms with Crippen LogP contribution in [0, 0.1) is 0 Å². The molecule has 0 atom stereocenters. The Kier molecular flexibility index (Phi) is 3.66. The van der Waals surface area contributed by atoms with Crippen LogP contribution in [0.1, 0.15) is 10.4 Å². The Bertz CT molecular complexity index is 687. The van der Waals surface area contributed by atoms with Crippen molar-refractivity contribution < 1.29 is 13.9 Å². The smallest absolute Gasteiger partial charge is 0.349 e. The van der Waals surface area contributed by atoms with Gasteiger partial charge in [0.15, 0.2) is 0 Å². The molecule has 0 spiro atoms. The van der Waals surface area contributed by atoms with Crippen LogP contribution in [0.5, 0.6) is 5.75 Å². The molecule has 0 saturated heterocycles. The quantitative estimate of drug-likeness (QED) is 0.670. The number of rotatable bonds is 4. The van der Waals surface area contributed by atoms with Gasteiger partial charge in [-0.2, -0.15) is 0 Å². The second-order valence-corrected chi connectivity index (χ2v) is 3.85. The molecule has 0 unspecified atom stereocenters. The first kappa shape index (κ1) is 12.9. The van der Waals surface area contributed by atoms with E-state index in [-0.39, 0.29) is 12.1 Å². The molecule has 0 saturated carbocycles. The Morgan fingerprint density at radius 1 is 1.47 bits per heavy atom. The Hall–Kier alpha value is -2.56. The van der Waals surface area contributed by atoms with Gasteiger partial charge in [0.25, 0.3) is 5.91 Å². The van der Waals surface area contributed by atoms with Crippen molar-refractivity contribution in [2.45, 2.75) is 0 Å². The van der Waals surface area contributed by atoms with Crippen LogP contribution in [0.2, 0.25) is 0 Å². The van der Waals surface area contributed by atoms with Crippen LogP contribution in [-0.2, 0) is 0 Å². The Balaban J connectivity index is 2.49. The Labute approximate surface area is 109 Å². The number of carbonyl (C=O) groups is 1. The van der Waals surface area contributed by atoms with Crippen molar-refractivity contribution >= 4 is 16.9 Å². The summed E-state index contributed by atoms with van der Waals surface area (Å²) in [7, 11) is 1.54. The first-order valence-corrected chi connectivity index (χ1v) is 5.66. The van der Waals surface area contributed by atoms with E-state index in [2.05, 4.69) is 11.9 Å². The van der Waals surface area contributed by atoms with E-state index in [1.54, 1.807) is 18.2 Å². The van der Waals surface area contributed by atoms with Gasteiger partial charge in [0, 0.05) is 11.9 Å². The number of methoxy groups -OCH3 is 1. The van der Waals surface area contributed by atoms with Gasteiger partial charge < -0.3 is 14.5 Å². The van der Waals surface area contributed by atoms with Gasteiger partial charge in [0.2, 0.25) is 0 Å². The maximum absolute atomic E-state index is 11.8. The molecule has 1 aromatic heterocycles. The number of hydrogen-bond donors (Lipinski definition) is 1. The van der Waals surface area contributed by atoms with Crippen LogP contribution in [0.15, 0.2) is 46.1 Å². The van der Waals surface area contributed by atoms with Gasteiger partial charge in [-0.05, 0) is 24.3 Å². The van der Waals surface area contributed by atoms with E-state index in [4.69, 9.17) is 9.15 Å². The second kappa shape index (κ2) is 5.39. The highest BCUT2D eigenvalue weighted by Crippen LogP contribution is 2.20. The third kappa shape index (κ3) is 2.65. The average Bonchev–Trinajstić information content (AvgIpc) is 2.43. The topological polar surface area (TPSA) is 68.5 Å². The van der Waals surface area contributed by atoms with Crippen molar-refractivity contribution in [2.75, 3.05) is 13.7 Å². The second-order valence-electron chi connectivity index (χ2n) is 3.85. The van der Waals surface area contributed by atoms with Crippen molar-refractivity contribution in [3.63, 3.8) is 0 Å². The van der Waals surface area contributed by atoms with Gasteiger partial charge in [0.05, 0.1) is 7.11 Å². The fraction of sp³-hybridized carbons (Fsp3) is 0.143. The lowest BCUT2D eigenvalue weighted by Crippen LogP contribution is -2.28. The summed E-state index contributed by atoms with van der Waals surface area (Å²) < 4.78 is 10.2. The van der Waals surface area contributed by atoms with Gasteiger partial charge in [-0.3, -0.25) is 4.79 Å². The predicted octanol–water partition coefficient (Wildman–Crippen LogP) is 1.72. The molecular weight excluding hydrogens is 246 g/mol. The summed E-state index contributed by atoms with van der Waals surface area (Å²) in [4.78, 5) is 23.5. The zero-order valence-corrected chi connectivity index (χ0v) is 10.4. The lowest BCUT2D eigenvalue weighted by atomic mass is 10.1. The zero-order valence-electron chi connectivity index (χ0n) is 10.4. The number of amides is 1. The molecule has 1 aromatic carbocycles. The maximum Gasteiger partial charge on any atom is 0.349 e. The molecule has 5 nitrogen and oxygen atoms in total. The SMILES string of the molecule is C=CCNC(=O)c1cc2cc(OC)ccc2oc1=O. The van der Waals surface area contributed by atoms with Crippen molar-refractivity contribution in [2.24, 2.45) is 0 Å². The average molecular weight is 259 g/mol. The molecule has 1 amide bonds. The molecule has 5 heteroatoms. The molecule has 1 N–H and O–H groups in total. The standard InChI is InChI=1S/C14H13NO4/c1-3-6-15-13(16)11-8-9-7-10(18-2)4-5-12(9)19-14(11)17/h3-5,7-8H,1,6H2,2H3,(H,15,16). The van der Waals surface area contributed by atoms with Crippen LogP contribution >= 0.6 is 0 Å². The zero-order chi connectivity index (χ0) is 13.8. The fourth-order valence-corrected chi connectivity index (χ4v) is 1.65. The van der Waals surface area contributed by atoms with Crippen LogP contribution in [-0.4, -0.2) is 19.6 Å². The Morgan fingerprint density at radius 2 is 2.26 bits per heavy atom. The molecule has 2 rings (SSSR count). The van der Waals surface area contributed by atoms with Crippen LogP contribution in [0.4, 0.5) is 0 Å². The number of carbonyl (C=O) groups excluding carboxylic acids is 1. The molecule has 0 bridgehead atoms. The summed E-state index contributed by atoms with van der Waals surface area (Å²) in [6.45, 7) is 3.77. The van der Waals surface area contributed by atoms with Gasteiger partial charge in [0.1, 0.15) is 16.9 Å². The first-order valence-electron chi connectivity index (χ1n) is 5.66. The minimum absolute atomic E-state index is 0.0393. The summed E-state index contributed by atoms with van der Waals surface area (Å²) in [6.07, 6.45) is 1.53. The minimum atomic E-state index is -0.667. The van der Waals surface area contributed by atoms with Crippen LogP contribution in [0.25, 0.3) is 11.0 Å². The fourth-order valence-electron chi connectivity index (χ4n) is 1.65. The van der Waals surface area contributed by atoms with Gasteiger partial charge in [-0.1, -0.05) is 6.08 Å². The third-order valence-corrected chi connectivity index (χ3v) is 2.59. The van der Waals surface area contributed by atoms with Crippen LogP contribution in [0.3, 0.4) is 0 Å². The molecule has 0 aliphatic carbocycles. The molecular formula is C14H13NO4. The highest BCUT2D eigenvalue weighted by atomic mass is 16.5. The highest BCUT2D eigenvalue weighted by molar-refractivity contribution is 5.96. The maximum atomic E-state index is 11.8. The molecule has 0 aliphatic rings. The largest absolute Gasteiger partial charge is 0.497 e. The summed E-state index contributed by atoms with van der Waals surface area (Å²) in [5, 5.41) is 3.16. The molecule has 0 fully saturated rings. The number of fused-ring (bicyclic) bond motifs is 1. The molecule has 0 aliphatic heterocycles. The van der Waals surface area contributed by atoms with Gasteiger partial charge >= 0.3 is 5.63 Å². The summed E-state index contributed by atoms with van der Waals surface area (Å²) >= 11 is 0. The molecule has 98 valence electrons. The van der Waals surface area contributed by atoms with Gasteiger partial charge in [-0.15, -0.1) is 6.58 Å². The molecule has 2 aromatic rings. The van der Waals surface area contributed by atoms with Crippen molar-refractivity contribution in [1.82, 2.24) is 5.32 Å². The lowest BCUT2D eigenvalue weighted by molar-refractivity contribution is 0.0954.